The molecule has 4 saturated carbocycles. The first-order valence-corrected chi connectivity index (χ1v) is 20.8. The Morgan fingerprint density at radius 3 is 2.02 bits per heavy atom. The Balaban J connectivity index is 1.25. The predicted octanol–water partition coefficient (Wildman–Crippen LogP) is 13.1. The normalized spacial score (nSPS) is 25.6. The van der Waals surface area contributed by atoms with Gasteiger partial charge in [0.05, 0.1) is 11.7 Å². The highest BCUT2D eigenvalue weighted by atomic mass is 14.9. The molecule has 2 nitrogen and oxygen atoms in total. The van der Waals surface area contributed by atoms with Crippen molar-refractivity contribution < 1.29 is 0 Å². The van der Waals surface area contributed by atoms with Crippen molar-refractivity contribution in [3.63, 3.8) is 0 Å². The summed E-state index contributed by atoms with van der Waals surface area (Å²) in [6.45, 7) is 10.7. The largest absolute Gasteiger partial charge is 0.304 e. The van der Waals surface area contributed by atoms with Gasteiger partial charge < -0.3 is 5.32 Å². The van der Waals surface area contributed by atoms with E-state index in [1.807, 2.05) is 0 Å². The van der Waals surface area contributed by atoms with Gasteiger partial charge in [0.25, 0.3) is 0 Å². The molecule has 4 unspecified atom stereocenters. The molecule has 2 aromatic carbocycles. The first-order chi connectivity index (χ1) is 23.9. The third kappa shape index (κ3) is 7.90. The van der Waals surface area contributed by atoms with Gasteiger partial charge in [0.15, 0.2) is 0 Å². The summed E-state index contributed by atoms with van der Waals surface area (Å²) in [5.41, 5.74) is 10.8. The van der Waals surface area contributed by atoms with Crippen LogP contribution in [0, 0.1) is 17.3 Å². The average molecular weight is 659 g/mol. The summed E-state index contributed by atoms with van der Waals surface area (Å²) in [5.74, 6) is 4.17. The Morgan fingerprint density at radius 2 is 1.33 bits per heavy atom. The minimum atomic E-state index is 0.173. The SMILES string of the molecule is CC(C)c1ccccc1CC(NCc1c(C2CCCCC2)cccc1C1CCCCC1)c1cccc(C2C3CCCCC3CCC2(C)C)n1. The Kier molecular flexibility index (Phi) is 11.3. The van der Waals surface area contributed by atoms with Crippen LogP contribution in [0.2, 0.25) is 0 Å². The van der Waals surface area contributed by atoms with E-state index in [0.29, 0.717) is 29.1 Å². The molecule has 0 spiro atoms. The standard InChI is InChI=1S/C47H66N2/c1-33(2)38-23-13-12-22-37(38)31-45(43-27-16-28-44(49-43)46-41-24-14-11-21-36(41)29-30-47(46,3)4)48-32-42-39(34-17-7-5-8-18-34)25-15-26-40(42)35-19-9-6-10-20-35/h12-13,15-16,22-23,25-28,33-36,41,45-46,48H,5-11,14,17-21,24,29-32H2,1-4H3. The Morgan fingerprint density at radius 1 is 0.694 bits per heavy atom. The van der Waals surface area contributed by atoms with E-state index >= 15 is 0 Å². The van der Waals surface area contributed by atoms with E-state index in [-0.39, 0.29) is 6.04 Å². The minimum Gasteiger partial charge on any atom is -0.304 e. The zero-order valence-electron chi connectivity index (χ0n) is 31.5. The molecule has 0 saturated heterocycles. The number of hydrogen-bond acceptors (Lipinski definition) is 2. The minimum absolute atomic E-state index is 0.173. The second kappa shape index (κ2) is 15.8. The third-order valence-electron chi connectivity index (χ3n) is 13.8. The van der Waals surface area contributed by atoms with E-state index in [9.17, 15) is 0 Å². The molecule has 2 heteroatoms. The van der Waals surface area contributed by atoms with Crippen molar-refractivity contribution >= 4 is 0 Å². The van der Waals surface area contributed by atoms with Gasteiger partial charge in [-0.2, -0.15) is 0 Å². The van der Waals surface area contributed by atoms with Crippen LogP contribution in [-0.2, 0) is 13.0 Å². The number of pyridine rings is 1. The average Bonchev–Trinajstić information content (AvgIpc) is 3.13. The Hall–Kier alpha value is -2.45. The van der Waals surface area contributed by atoms with Crippen molar-refractivity contribution in [2.24, 2.45) is 17.3 Å². The molecule has 0 radical (unpaired) electrons. The van der Waals surface area contributed by atoms with Crippen molar-refractivity contribution in [1.29, 1.82) is 0 Å². The van der Waals surface area contributed by atoms with Crippen molar-refractivity contribution in [2.75, 3.05) is 0 Å². The zero-order chi connectivity index (χ0) is 33.8. The molecular weight excluding hydrogens is 593 g/mol. The van der Waals surface area contributed by atoms with Crippen LogP contribution >= 0.6 is 0 Å². The Bertz CT molecular complexity index is 1470. The lowest BCUT2D eigenvalue weighted by Crippen LogP contribution is -2.40. The highest BCUT2D eigenvalue weighted by Crippen LogP contribution is 2.56. The molecule has 0 aliphatic heterocycles. The molecular formula is C47H66N2. The van der Waals surface area contributed by atoms with Crippen LogP contribution < -0.4 is 5.32 Å². The van der Waals surface area contributed by atoms with Gasteiger partial charge in [-0.25, -0.2) is 0 Å². The lowest BCUT2D eigenvalue weighted by Gasteiger charge is -2.50. The van der Waals surface area contributed by atoms with Crippen LogP contribution in [-0.4, -0.2) is 4.98 Å². The molecule has 3 aromatic rings. The molecule has 4 fully saturated rings. The molecule has 1 aromatic heterocycles. The molecule has 4 aliphatic rings. The van der Waals surface area contributed by atoms with E-state index in [1.165, 1.54) is 125 Å². The van der Waals surface area contributed by atoms with Gasteiger partial charge in [0.1, 0.15) is 0 Å². The van der Waals surface area contributed by atoms with E-state index in [4.69, 9.17) is 4.98 Å². The molecule has 4 aliphatic carbocycles. The first kappa shape index (κ1) is 35.0. The maximum absolute atomic E-state index is 5.73. The van der Waals surface area contributed by atoms with Gasteiger partial charge in [-0.1, -0.05) is 134 Å². The predicted molar refractivity (Wildman–Crippen MR) is 207 cm³/mol. The van der Waals surface area contributed by atoms with Crippen LogP contribution in [0.25, 0.3) is 0 Å². The molecule has 49 heavy (non-hydrogen) atoms. The van der Waals surface area contributed by atoms with Gasteiger partial charge in [-0.15, -0.1) is 0 Å². The smallest absolute Gasteiger partial charge is 0.0580 e. The fourth-order valence-corrected chi connectivity index (χ4v) is 11.2. The number of hydrogen-bond donors (Lipinski definition) is 1. The summed E-state index contributed by atoms with van der Waals surface area (Å²) >= 11 is 0. The van der Waals surface area contributed by atoms with Crippen LogP contribution in [0.4, 0.5) is 0 Å². The van der Waals surface area contributed by atoms with Crippen molar-refractivity contribution in [1.82, 2.24) is 10.3 Å². The van der Waals surface area contributed by atoms with Gasteiger partial charge >= 0.3 is 0 Å². The van der Waals surface area contributed by atoms with Crippen molar-refractivity contribution in [3.8, 4) is 0 Å². The summed E-state index contributed by atoms with van der Waals surface area (Å²) in [5, 5.41) is 4.27. The van der Waals surface area contributed by atoms with E-state index < -0.39 is 0 Å². The Labute approximate surface area is 299 Å². The summed E-state index contributed by atoms with van der Waals surface area (Å²) in [6, 6.07) is 23.9. The summed E-state index contributed by atoms with van der Waals surface area (Å²) < 4.78 is 0. The summed E-state index contributed by atoms with van der Waals surface area (Å²) in [6.07, 6.45) is 23.1. The molecule has 1 heterocycles. The fourth-order valence-electron chi connectivity index (χ4n) is 11.2. The van der Waals surface area contributed by atoms with Crippen molar-refractivity contribution in [2.45, 2.75) is 173 Å². The molecule has 264 valence electrons. The molecule has 0 bridgehead atoms. The highest BCUT2D eigenvalue weighted by molar-refractivity contribution is 5.41. The summed E-state index contributed by atoms with van der Waals surface area (Å²) in [7, 11) is 0. The van der Waals surface area contributed by atoms with Crippen LogP contribution in [0.1, 0.15) is 199 Å². The van der Waals surface area contributed by atoms with E-state index in [0.717, 1.165) is 24.8 Å². The number of benzene rings is 2. The lowest BCUT2D eigenvalue weighted by atomic mass is 9.55. The topological polar surface area (TPSA) is 24.9 Å². The second-order valence-corrected chi connectivity index (χ2v) is 17.8. The highest BCUT2D eigenvalue weighted by Gasteiger charge is 2.46. The van der Waals surface area contributed by atoms with E-state index in [1.54, 1.807) is 16.7 Å². The van der Waals surface area contributed by atoms with Gasteiger partial charge in [-0.3, -0.25) is 4.98 Å². The van der Waals surface area contributed by atoms with Gasteiger partial charge in [-0.05, 0) is 126 Å². The number of aromatic nitrogens is 1. The second-order valence-electron chi connectivity index (χ2n) is 17.8. The lowest BCUT2D eigenvalue weighted by molar-refractivity contribution is 0.0484. The maximum Gasteiger partial charge on any atom is 0.0580 e. The maximum atomic E-state index is 5.73. The zero-order valence-corrected chi connectivity index (χ0v) is 31.5. The van der Waals surface area contributed by atoms with Crippen molar-refractivity contribution in [3.05, 3.63) is 99.9 Å². The number of rotatable bonds is 10. The van der Waals surface area contributed by atoms with Crippen LogP contribution in [0.15, 0.2) is 60.7 Å². The molecule has 1 N–H and O–H groups in total. The number of fused-ring (bicyclic) bond motifs is 1. The quantitative estimate of drug-likeness (QED) is 0.234. The number of nitrogens with zero attached hydrogens (tertiary/aromatic N) is 1. The van der Waals surface area contributed by atoms with Gasteiger partial charge in [0, 0.05) is 18.2 Å². The third-order valence-corrected chi connectivity index (χ3v) is 13.8. The number of nitrogens with one attached hydrogen (secondary N) is 1. The summed E-state index contributed by atoms with van der Waals surface area (Å²) in [4.78, 5) is 5.73. The van der Waals surface area contributed by atoms with Crippen LogP contribution in [0.5, 0.6) is 0 Å². The molecule has 7 rings (SSSR count). The first-order valence-electron chi connectivity index (χ1n) is 20.8. The van der Waals surface area contributed by atoms with E-state index in [2.05, 4.69) is 93.7 Å². The molecule has 4 atom stereocenters. The van der Waals surface area contributed by atoms with Crippen LogP contribution in [0.3, 0.4) is 0 Å². The van der Waals surface area contributed by atoms with Gasteiger partial charge in [0.2, 0.25) is 0 Å². The monoisotopic (exact) mass is 659 g/mol. The molecule has 0 amide bonds. The fraction of sp³-hybridized carbons (Fsp3) is 0.638.